The zero-order valence-electron chi connectivity index (χ0n) is 8.28. The third kappa shape index (κ3) is 4.83. The Labute approximate surface area is 71.0 Å². The lowest BCUT2D eigenvalue weighted by Gasteiger charge is -2.05. The van der Waals surface area contributed by atoms with Gasteiger partial charge in [-0.15, -0.1) is 0 Å². The standard InChI is InChI=1S/C11H20/c1-6-7-10(4)8-11(5)9(2)3/h8-9H,5-7H2,1-4H3. The van der Waals surface area contributed by atoms with Crippen LogP contribution in [0, 0.1) is 5.92 Å². The van der Waals surface area contributed by atoms with E-state index in [0.29, 0.717) is 5.92 Å². The highest BCUT2D eigenvalue weighted by atomic mass is 14.0. The first kappa shape index (κ1) is 10.5. The lowest BCUT2D eigenvalue weighted by molar-refractivity contribution is 0.789. The Bertz CT molecular complexity index is 149. The number of rotatable bonds is 4. The summed E-state index contributed by atoms with van der Waals surface area (Å²) in [5.41, 5.74) is 2.70. The zero-order chi connectivity index (χ0) is 8.85. The molecule has 0 nitrogen and oxygen atoms in total. The smallest absolute Gasteiger partial charge is 0.0225 e. The van der Waals surface area contributed by atoms with E-state index in [1.165, 1.54) is 24.0 Å². The highest BCUT2D eigenvalue weighted by Crippen LogP contribution is 2.13. The normalized spacial score (nSPS) is 12.3. The summed E-state index contributed by atoms with van der Waals surface area (Å²) >= 11 is 0. The molecule has 0 aliphatic heterocycles. The summed E-state index contributed by atoms with van der Waals surface area (Å²) in [6, 6.07) is 0. The average Bonchev–Trinajstić information content (AvgIpc) is 1.87. The van der Waals surface area contributed by atoms with E-state index in [2.05, 4.69) is 40.3 Å². The van der Waals surface area contributed by atoms with E-state index in [-0.39, 0.29) is 0 Å². The predicted octanol–water partition coefficient (Wildman–Crippen LogP) is 3.95. The third-order valence-corrected chi connectivity index (χ3v) is 1.82. The Morgan fingerprint density at radius 1 is 1.45 bits per heavy atom. The van der Waals surface area contributed by atoms with Gasteiger partial charge in [-0.2, -0.15) is 0 Å². The molecule has 0 aliphatic carbocycles. The quantitative estimate of drug-likeness (QED) is 0.535. The molecular weight excluding hydrogens is 132 g/mol. The van der Waals surface area contributed by atoms with Crippen molar-refractivity contribution in [3.8, 4) is 0 Å². The van der Waals surface area contributed by atoms with Crippen LogP contribution in [0.2, 0.25) is 0 Å². The van der Waals surface area contributed by atoms with Crippen LogP contribution in [-0.2, 0) is 0 Å². The molecule has 0 aromatic carbocycles. The largest absolute Gasteiger partial charge is 0.0956 e. The fourth-order valence-corrected chi connectivity index (χ4v) is 0.950. The second-order valence-electron chi connectivity index (χ2n) is 3.47. The first-order chi connectivity index (χ1) is 5.07. The zero-order valence-corrected chi connectivity index (χ0v) is 8.28. The molecule has 0 atom stereocenters. The van der Waals surface area contributed by atoms with Crippen molar-refractivity contribution in [2.45, 2.75) is 40.5 Å². The molecule has 0 aromatic rings. The van der Waals surface area contributed by atoms with E-state index in [4.69, 9.17) is 0 Å². The molecule has 0 N–H and O–H groups in total. The minimum absolute atomic E-state index is 0.585. The molecule has 0 saturated heterocycles. The average molecular weight is 152 g/mol. The Kier molecular flexibility index (Phi) is 4.93. The van der Waals surface area contributed by atoms with Gasteiger partial charge in [-0.1, -0.05) is 51.0 Å². The van der Waals surface area contributed by atoms with Crippen LogP contribution in [-0.4, -0.2) is 0 Å². The Morgan fingerprint density at radius 3 is 2.36 bits per heavy atom. The van der Waals surface area contributed by atoms with E-state index in [1.807, 2.05) is 0 Å². The number of hydrogen-bond acceptors (Lipinski definition) is 0. The Balaban J connectivity index is 3.97. The lowest BCUT2D eigenvalue weighted by atomic mass is 10.0. The minimum atomic E-state index is 0.585. The summed E-state index contributed by atoms with van der Waals surface area (Å²) in [5, 5.41) is 0. The van der Waals surface area contributed by atoms with Crippen molar-refractivity contribution in [1.29, 1.82) is 0 Å². The summed E-state index contributed by atoms with van der Waals surface area (Å²) in [7, 11) is 0. The molecule has 0 unspecified atom stereocenters. The van der Waals surface area contributed by atoms with Crippen LogP contribution in [0.4, 0.5) is 0 Å². The van der Waals surface area contributed by atoms with Gasteiger partial charge in [0.1, 0.15) is 0 Å². The van der Waals surface area contributed by atoms with Gasteiger partial charge in [-0.25, -0.2) is 0 Å². The van der Waals surface area contributed by atoms with Crippen molar-refractivity contribution in [1.82, 2.24) is 0 Å². The topological polar surface area (TPSA) is 0 Å². The molecule has 0 fully saturated rings. The molecule has 0 aliphatic rings. The summed E-state index contributed by atoms with van der Waals surface area (Å²) in [5.74, 6) is 0.585. The first-order valence-corrected chi connectivity index (χ1v) is 4.43. The van der Waals surface area contributed by atoms with E-state index in [0.717, 1.165) is 0 Å². The van der Waals surface area contributed by atoms with Crippen LogP contribution in [0.15, 0.2) is 23.8 Å². The van der Waals surface area contributed by atoms with Gasteiger partial charge in [0.2, 0.25) is 0 Å². The van der Waals surface area contributed by atoms with Crippen molar-refractivity contribution in [3.05, 3.63) is 23.8 Å². The van der Waals surface area contributed by atoms with Gasteiger partial charge in [0.25, 0.3) is 0 Å². The fourth-order valence-electron chi connectivity index (χ4n) is 0.950. The van der Waals surface area contributed by atoms with Gasteiger partial charge in [-0.3, -0.25) is 0 Å². The molecule has 11 heavy (non-hydrogen) atoms. The molecular formula is C11H20. The molecule has 0 heteroatoms. The van der Waals surface area contributed by atoms with Gasteiger partial charge in [0.15, 0.2) is 0 Å². The second kappa shape index (κ2) is 5.17. The van der Waals surface area contributed by atoms with Crippen molar-refractivity contribution in [2.24, 2.45) is 5.92 Å². The maximum atomic E-state index is 4.00. The van der Waals surface area contributed by atoms with Crippen molar-refractivity contribution in [3.63, 3.8) is 0 Å². The molecule has 0 bridgehead atoms. The van der Waals surface area contributed by atoms with E-state index < -0.39 is 0 Å². The summed E-state index contributed by atoms with van der Waals surface area (Å²) in [6.07, 6.45) is 4.65. The molecule has 0 rings (SSSR count). The van der Waals surface area contributed by atoms with Crippen molar-refractivity contribution in [2.75, 3.05) is 0 Å². The lowest BCUT2D eigenvalue weighted by Crippen LogP contribution is -1.89. The summed E-state index contributed by atoms with van der Waals surface area (Å²) in [6.45, 7) is 12.7. The van der Waals surface area contributed by atoms with Crippen molar-refractivity contribution >= 4 is 0 Å². The van der Waals surface area contributed by atoms with Gasteiger partial charge in [0.05, 0.1) is 0 Å². The maximum absolute atomic E-state index is 4.00. The molecule has 0 heterocycles. The molecule has 0 amide bonds. The van der Waals surface area contributed by atoms with Crippen LogP contribution in [0.3, 0.4) is 0 Å². The maximum Gasteiger partial charge on any atom is -0.0225 e. The molecule has 0 spiro atoms. The Hall–Kier alpha value is -0.520. The fraction of sp³-hybridized carbons (Fsp3) is 0.636. The highest BCUT2D eigenvalue weighted by molar-refractivity contribution is 5.20. The van der Waals surface area contributed by atoms with Gasteiger partial charge in [-0.05, 0) is 19.3 Å². The van der Waals surface area contributed by atoms with E-state index in [9.17, 15) is 0 Å². The van der Waals surface area contributed by atoms with Crippen LogP contribution in [0.1, 0.15) is 40.5 Å². The third-order valence-electron chi connectivity index (χ3n) is 1.82. The van der Waals surface area contributed by atoms with E-state index >= 15 is 0 Å². The summed E-state index contributed by atoms with van der Waals surface area (Å²) in [4.78, 5) is 0. The first-order valence-electron chi connectivity index (χ1n) is 4.43. The van der Waals surface area contributed by atoms with Crippen molar-refractivity contribution < 1.29 is 0 Å². The highest BCUT2D eigenvalue weighted by Gasteiger charge is 1.96. The minimum Gasteiger partial charge on any atom is -0.0956 e. The van der Waals surface area contributed by atoms with Crippen LogP contribution in [0.25, 0.3) is 0 Å². The predicted molar refractivity (Wildman–Crippen MR) is 52.6 cm³/mol. The van der Waals surface area contributed by atoms with Crippen LogP contribution in [0.5, 0.6) is 0 Å². The van der Waals surface area contributed by atoms with Crippen LogP contribution < -0.4 is 0 Å². The molecule has 0 saturated carbocycles. The van der Waals surface area contributed by atoms with Crippen LogP contribution >= 0.6 is 0 Å². The monoisotopic (exact) mass is 152 g/mol. The number of hydrogen-bond donors (Lipinski definition) is 0. The molecule has 64 valence electrons. The molecule has 0 aromatic heterocycles. The van der Waals surface area contributed by atoms with E-state index in [1.54, 1.807) is 0 Å². The van der Waals surface area contributed by atoms with Gasteiger partial charge >= 0.3 is 0 Å². The molecule has 0 radical (unpaired) electrons. The summed E-state index contributed by atoms with van der Waals surface area (Å²) < 4.78 is 0. The number of allylic oxidation sites excluding steroid dienone is 3. The van der Waals surface area contributed by atoms with Gasteiger partial charge < -0.3 is 0 Å². The second-order valence-corrected chi connectivity index (χ2v) is 3.47. The SMILES string of the molecule is C=C(C=C(C)CCC)C(C)C. The van der Waals surface area contributed by atoms with Gasteiger partial charge in [0, 0.05) is 0 Å². The Morgan fingerprint density at radius 2 is 2.00 bits per heavy atom.